The van der Waals surface area contributed by atoms with Gasteiger partial charge in [-0.15, -0.1) is 12.4 Å². The number of benzene rings is 1. The molecule has 0 unspecified atom stereocenters. The van der Waals surface area contributed by atoms with Crippen LogP contribution in [0.3, 0.4) is 0 Å². The summed E-state index contributed by atoms with van der Waals surface area (Å²) in [6.45, 7) is 5.17. The Morgan fingerprint density at radius 1 is 1.26 bits per heavy atom. The Hall–Kier alpha value is -1.26. The van der Waals surface area contributed by atoms with Crippen molar-refractivity contribution >= 4 is 24.0 Å². The van der Waals surface area contributed by atoms with Gasteiger partial charge in [0.25, 0.3) is 0 Å². The van der Waals surface area contributed by atoms with E-state index in [-0.39, 0.29) is 18.3 Å². The summed E-state index contributed by atoms with van der Waals surface area (Å²) in [4.78, 5) is 14.0. The first-order chi connectivity index (χ1) is 8.78. The van der Waals surface area contributed by atoms with Gasteiger partial charge < -0.3 is 10.1 Å². The third-order valence-corrected chi connectivity index (χ3v) is 3.01. The first-order valence-corrected chi connectivity index (χ1v) is 6.53. The van der Waals surface area contributed by atoms with Gasteiger partial charge in [0.2, 0.25) is 5.91 Å². The fourth-order valence-corrected chi connectivity index (χ4v) is 2.15. The maximum absolute atomic E-state index is 11.8. The highest BCUT2D eigenvalue weighted by Gasteiger charge is 2.14. The number of hydrogen-bond acceptors (Lipinski definition) is 3. The van der Waals surface area contributed by atoms with Crippen LogP contribution in [0.1, 0.15) is 19.8 Å². The van der Waals surface area contributed by atoms with Gasteiger partial charge in [-0.05, 0) is 57.1 Å². The first kappa shape index (κ1) is 15.8. The van der Waals surface area contributed by atoms with Gasteiger partial charge in [-0.2, -0.15) is 0 Å². The van der Waals surface area contributed by atoms with Crippen LogP contribution in [-0.2, 0) is 4.79 Å². The number of ether oxygens (including phenoxy) is 1. The van der Waals surface area contributed by atoms with Crippen molar-refractivity contribution in [1.29, 1.82) is 0 Å². The van der Waals surface area contributed by atoms with Crippen LogP contribution in [0.25, 0.3) is 0 Å². The summed E-state index contributed by atoms with van der Waals surface area (Å²) < 4.78 is 5.35. The van der Waals surface area contributed by atoms with Crippen LogP contribution in [0.2, 0.25) is 0 Å². The highest BCUT2D eigenvalue weighted by molar-refractivity contribution is 5.92. The molecule has 0 atom stereocenters. The van der Waals surface area contributed by atoms with E-state index in [0.29, 0.717) is 13.2 Å². The maximum atomic E-state index is 11.8. The third-order valence-electron chi connectivity index (χ3n) is 3.01. The smallest absolute Gasteiger partial charge is 0.238 e. The van der Waals surface area contributed by atoms with Gasteiger partial charge in [0, 0.05) is 5.69 Å². The topological polar surface area (TPSA) is 41.6 Å². The number of amides is 1. The predicted molar refractivity (Wildman–Crippen MR) is 79.2 cm³/mol. The molecule has 0 bridgehead atoms. The van der Waals surface area contributed by atoms with Gasteiger partial charge in [0.15, 0.2) is 0 Å². The Labute approximate surface area is 120 Å². The summed E-state index contributed by atoms with van der Waals surface area (Å²) in [5.74, 6) is 0.885. The van der Waals surface area contributed by atoms with Crippen molar-refractivity contribution in [2.24, 2.45) is 0 Å². The molecule has 5 heteroatoms. The van der Waals surface area contributed by atoms with Crippen molar-refractivity contribution in [3.05, 3.63) is 24.3 Å². The number of likely N-dealkylation sites (tertiary alicyclic amines) is 1. The molecule has 106 valence electrons. The molecule has 0 aromatic heterocycles. The number of rotatable bonds is 5. The summed E-state index contributed by atoms with van der Waals surface area (Å²) in [6.07, 6.45) is 2.41. The van der Waals surface area contributed by atoms with E-state index >= 15 is 0 Å². The average molecular weight is 285 g/mol. The lowest BCUT2D eigenvalue weighted by Crippen LogP contribution is -2.30. The molecule has 4 nitrogen and oxygen atoms in total. The van der Waals surface area contributed by atoms with Gasteiger partial charge in [-0.3, -0.25) is 9.69 Å². The van der Waals surface area contributed by atoms with Crippen molar-refractivity contribution in [1.82, 2.24) is 4.90 Å². The van der Waals surface area contributed by atoms with E-state index in [1.54, 1.807) is 0 Å². The molecule has 1 saturated heterocycles. The Balaban J connectivity index is 0.00000180. The Morgan fingerprint density at radius 2 is 1.89 bits per heavy atom. The second kappa shape index (κ2) is 8.02. The minimum atomic E-state index is 0. The molecule has 1 aromatic carbocycles. The zero-order chi connectivity index (χ0) is 12.8. The molecule has 0 spiro atoms. The highest BCUT2D eigenvalue weighted by Crippen LogP contribution is 2.15. The lowest BCUT2D eigenvalue weighted by molar-refractivity contribution is -0.117. The second-order valence-corrected chi connectivity index (χ2v) is 4.49. The second-order valence-electron chi connectivity index (χ2n) is 4.49. The summed E-state index contributed by atoms with van der Waals surface area (Å²) in [5.41, 5.74) is 0.822. The summed E-state index contributed by atoms with van der Waals surface area (Å²) in [7, 11) is 0. The van der Waals surface area contributed by atoms with Gasteiger partial charge in [0.1, 0.15) is 5.75 Å². The van der Waals surface area contributed by atoms with Crippen LogP contribution < -0.4 is 10.1 Å². The Kier molecular flexibility index (Phi) is 6.67. The van der Waals surface area contributed by atoms with Crippen molar-refractivity contribution in [3.8, 4) is 5.75 Å². The van der Waals surface area contributed by atoms with Gasteiger partial charge in [-0.25, -0.2) is 0 Å². The van der Waals surface area contributed by atoms with Crippen molar-refractivity contribution < 1.29 is 9.53 Å². The molecule has 0 radical (unpaired) electrons. The summed E-state index contributed by atoms with van der Waals surface area (Å²) in [5, 5.41) is 2.90. The molecule has 1 amide bonds. The zero-order valence-electron chi connectivity index (χ0n) is 11.2. The van der Waals surface area contributed by atoms with Crippen LogP contribution in [0, 0.1) is 0 Å². The minimum absolute atomic E-state index is 0. The normalized spacial score (nSPS) is 14.8. The molecular formula is C14H21ClN2O2. The van der Waals surface area contributed by atoms with Crippen LogP contribution >= 0.6 is 12.4 Å². The molecule has 0 saturated carbocycles. The number of nitrogens with one attached hydrogen (secondary N) is 1. The van der Waals surface area contributed by atoms with Crippen molar-refractivity contribution in [3.63, 3.8) is 0 Å². The lowest BCUT2D eigenvalue weighted by Gasteiger charge is -2.14. The number of hydrogen-bond donors (Lipinski definition) is 1. The molecule has 2 rings (SSSR count). The molecule has 0 aliphatic carbocycles. The van der Waals surface area contributed by atoms with Crippen LogP contribution in [0.15, 0.2) is 24.3 Å². The van der Waals surface area contributed by atoms with E-state index < -0.39 is 0 Å². The fraction of sp³-hybridized carbons (Fsp3) is 0.500. The van der Waals surface area contributed by atoms with Gasteiger partial charge >= 0.3 is 0 Å². The van der Waals surface area contributed by atoms with E-state index in [1.807, 2.05) is 31.2 Å². The number of anilines is 1. The molecule has 1 fully saturated rings. The van der Waals surface area contributed by atoms with Crippen LogP contribution in [-0.4, -0.2) is 37.0 Å². The van der Waals surface area contributed by atoms with Crippen molar-refractivity contribution in [2.45, 2.75) is 19.8 Å². The summed E-state index contributed by atoms with van der Waals surface area (Å²) in [6, 6.07) is 7.48. The largest absolute Gasteiger partial charge is 0.494 e. The van der Waals surface area contributed by atoms with Crippen LogP contribution in [0.4, 0.5) is 5.69 Å². The predicted octanol–water partition coefficient (Wildman–Crippen LogP) is 2.54. The molecule has 19 heavy (non-hydrogen) atoms. The zero-order valence-corrected chi connectivity index (χ0v) is 12.0. The Bertz CT molecular complexity index is 389. The SMILES string of the molecule is CCOc1ccc(NC(=O)CN2CCCC2)cc1.Cl. The highest BCUT2D eigenvalue weighted by atomic mass is 35.5. The van der Waals surface area contributed by atoms with Gasteiger partial charge in [-0.1, -0.05) is 0 Å². The van der Waals surface area contributed by atoms with Gasteiger partial charge in [0.05, 0.1) is 13.2 Å². The van der Waals surface area contributed by atoms with E-state index in [4.69, 9.17) is 4.74 Å². The number of carbonyl (C=O) groups excluding carboxylic acids is 1. The van der Waals surface area contributed by atoms with E-state index in [9.17, 15) is 4.79 Å². The standard InChI is InChI=1S/C14H20N2O2.ClH/c1-2-18-13-7-5-12(6-8-13)15-14(17)11-16-9-3-4-10-16;/h5-8H,2-4,9-11H2,1H3,(H,15,17);1H. The third kappa shape index (κ3) is 5.09. The van der Waals surface area contributed by atoms with E-state index in [0.717, 1.165) is 24.5 Å². The summed E-state index contributed by atoms with van der Waals surface area (Å²) >= 11 is 0. The molecule has 1 aliphatic rings. The lowest BCUT2D eigenvalue weighted by atomic mass is 10.3. The molecular weight excluding hydrogens is 264 g/mol. The molecule has 1 aromatic rings. The molecule has 1 N–H and O–H groups in total. The van der Waals surface area contributed by atoms with Crippen molar-refractivity contribution in [2.75, 3.05) is 31.6 Å². The number of carbonyl (C=O) groups is 1. The molecule has 1 heterocycles. The fourth-order valence-electron chi connectivity index (χ4n) is 2.15. The first-order valence-electron chi connectivity index (χ1n) is 6.53. The van der Waals surface area contributed by atoms with E-state index in [1.165, 1.54) is 12.8 Å². The monoisotopic (exact) mass is 284 g/mol. The average Bonchev–Trinajstić information content (AvgIpc) is 2.84. The maximum Gasteiger partial charge on any atom is 0.238 e. The number of nitrogens with zero attached hydrogens (tertiary/aromatic N) is 1. The quantitative estimate of drug-likeness (QED) is 0.903. The number of halogens is 1. The molecule has 1 aliphatic heterocycles. The van der Waals surface area contributed by atoms with E-state index in [2.05, 4.69) is 10.2 Å². The minimum Gasteiger partial charge on any atom is -0.494 e. The Morgan fingerprint density at radius 3 is 2.47 bits per heavy atom. The van der Waals surface area contributed by atoms with Crippen LogP contribution in [0.5, 0.6) is 5.75 Å².